The molecule has 4 atom stereocenters. The number of aliphatic imine (C=N–C) groups is 1. The second-order valence-corrected chi connectivity index (χ2v) is 12.5. The number of rotatable bonds is 17. The minimum Gasteiger partial charge on any atom is -0.370 e. The van der Waals surface area contributed by atoms with Gasteiger partial charge in [0, 0.05) is 36.4 Å². The Morgan fingerprint density at radius 1 is 0.708 bits per heavy atom. The zero-order valence-corrected chi connectivity index (χ0v) is 28.7. The molecule has 15 heteroatoms. The van der Waals surface area contributed by atoms with Gasteiger partial charge in [0.05, 0.1) is 0 Å². The molecule has 3 aromatic rings. The van der Waals surface area contributed by atoms with Gasteiger partial charge >= 0.3 is 0 Å². The Hall–Kier alpha value is -4.77. The molecule has 0 aliphatic rings. The fourth-order valence-corrected chi connectivity index (χ4v) is 5.32. The number of hydrogen-bond donors (Lipinski definition) is 8. The molecule has 256 valence electrons. The maximum absolute atomic E-state index is 13.9. The minimum atomic E-state index is -1.18. The lowest BCUT2D eigenvalue weighted by molar-refractivity contribution is -0.134. The van der Waals surface area contributed by atoms with Crippen molar-refractivity contribution in [3.63, 3.8) is 0 Å². The first kappa shape index (κ1) is 37.7. The van der Waals surface area contributed by atoms with E-state index in [-0.39, 0.29) is 38.3 Å². The molecule has 0 unspecified atom stereocenters. The number of benzene rings is 3. The highest BCUT2D eigenvalue weighted by molar-refractivity contribution is 14.1. The molecule has 5 amide bonds. The number of nitrogens with two attached hydrogens (primary N) is 4. The first-order chi connectivity index (χ1) is 22.9. The summed E-state index contributed by atoms with van der Waals surface area (Å²) in [5.41, 5.74) is 23.5. The average Bonchev–Trinajstić information content (AvgIpc) is 3.04. The Bertz CT molecular complexity index is 1630. The van der Waals surface area contributed by atoms with Crippen molar-refractivity contribution in [3.05, 3.63) is 81.4 Å². The first-order valence-electron chi connectivity index (χ1n) is 15.3. The molecule has 14 nitrogen and oxygen atoms in total. The van der Waals surface area contributed by atoms with Crippen molar-refractivity contribution in [3.8, 4) is 0 Å². The van der Waals surface area contributed by atoms with Gasteiger partial charge in [-0.1, -0.05) is 54.6 Å². The van der Waals surface area contributed by atoms with Crippen molar-refractivity contribution in [2.24, 2.45) is 27.9 Å². The summed E-state index contributed by atoms with van der Waals surface area (Å²) >= 11 is 2.17. The van der Waals surface area contributed by atoms with Gasteiger partial charge in [-0.25, -0.2) is 0 Å². The zero-order valence-electron chi connectivity index (χ0n) is 26.6. The van der Waals surface area contributed by atoms with Gasteiger partial charge in [-0.3, -0.25) is 29.0 Å². The topological polar surface area (TPSA) is 250 Å². The van der Waals surface area contributed by atoms with Crippen LogP contribution >= 0.6 is 22.6 Å². The molecule has 3 rings (SSSR count). The number of primary amides is 1. The molecular weight excluding hydrogens is 729 g/mol. The Morgan fingerprint density at radius 2 is 1.25 bits per heavy atom. The van der Waals surface area contributed by atoms with Crippen LogP contribution in [0, 0.1) is 3.57 Å². The third-order valence-corrected chi connectivity index (χ3v) is 8.13. The van der Waals surface area contributed by atoms with Crippen LogP contribution in [0.25, 0.3) is 10.8 Å². The van der Waals surface area contributed by atoms with Crippen molar-refractivity contribution in [2.75, 3.05) is 13.1 Å². The van der Waals surface area contributed by atoms with Crippen LogP contribution in [0.5, 0.6) is 0 Å². The maximum atomic E-state index is 13.9. The fraction of sp³-hybridized carbons (Fsp3) is 0.333. The van der Waals surface area contributed by atoms with Gasteiger partial charge in [0.2, 0.25) is 29.5 Å². The summed E-state index contributed by atoms with van der Waals surface area (Å²) < 4.78 is 1.00. The number of carbonyl (C=O) groups excluding carboxylic acids is 5. The number of guanidine groups is 1. The standard InChI is InChI=1S/C33H42IN9O5/c1-19(44)40-26(16-20-9-12-24(34)13-10-20)31(47)41-25(7-4-14-39-33(37)38)30(46)42-27(32(48)43-28(18-35)29(36)45)17-21-8-11-22-5-2-3-6-23(22)15-21/h2-3,5-6,8-13,15,25-28H,4,7,14,16-18,35H2,1H3,(H2,36,45)(H,40,44)(H,41,47)(H,42,46)(H,43,48)(H4,37,38,39)/t25-,26+,27-,28-/m0/s1. The van der Waals surface area contributed by atoms with Crippen LogP contribution < -0.4 is 44.2 Å². The van der Waals surface area contributed by atoms with Crippen molar-refractivity contribution < 1.29 is 24.0 Å². The lowest BCUT2D eigenvalue weighted by Gasteiger charge is -2.26. The molecule has 12 N–H and O–H groups in total. The van der Waals surface area contributed by atoms with Crippen molar-refractivity contribution in [1.29, 1.82) is 0 Å². The Labute approximate surface area is 292 Å². The van der Waals surface area contributed by atoms with E-state index in [1.54, 1.807) is 0 Å². The summed E-state index contributed by atoms with van der Waals surface area (Å²) in [7, 11) is 0. The van der Waals surface area contributed by atoms with Crippen LogP contribution in [-0.2, 0) is 36.8 Å². The molecule has 48 heavy (non-hydrogen) atoms. The minimum absolute atomic E-state index is 0.0501. The van der Waals surface area contributed by atoms with E-state index in [4.69, 9.17) is 22.9 Å². The molecule has 0 aromatic heterocycles. The number of halogens is 1. The average molecular weight is 772 g/mol. The number of nitrogens with one attached hydrogen (secondary N) is 4. The summed E-state index contributed by atoms with van der Waals surface area (Å²) in [5, 5.41) is 12.6. The maximum Gasteiger partial charge on any atom is 0.243 e. The number of nitrogens with zero attached hydrogens (tertiary/aromatic N) is 1. The summed E-state index contributed by atoms with van der Waals surface area (Å²) in [6, 6.07) is 16.3. The van der Waals surface area contributed by atoms with Crippen LogP contribution in [0.1, 0.15) is 30.9 Å². The van der Waals surface area contributed by atoms with Gasteiger partial charge < -0.3 is 44.2 Å². The Kier molecular flexibility index (Phi) is 14.6. The van der Waals surface area contributed by atoms with Crippen LogP contribution in [0.2, 0.25) is 0 Å². The Balaban J connectivity index is 1.88. The lowest BCUT2D eigenvalue weighted by Crippen LogP contribution is -2.59. The molecule has 0 radical (unpaired) electrons. The molecule has 0 spiro atoms. The summed E-state index contributed by atoms with van der Waals surface area (Å²) in [5.74, 6) is -3.34. The van der Waals surface area contributed by atoms with Crippen molar-refractivity contribution in [1.82, 2.24) is 21.3 Å². The van der Waals surface area contributed by atoms with Gasteiger partial charge in [0.25, 0.3) is 0 Å². The van der Waals surface area contributed by atoms with E-state index in [0.29, 0.717) is 6.42 Å². The molecule has 3 aromatic carbocycles. The molecule has 0 heterocycles. The van der Waals surface area contributed by atoms with E-state index in [9.17, 15) is 24.0 Å². The van der Waals surface area contributed by atoms with E-state index in [1.165, 1.54) is 6.92 Å². The van der Waals surface area contributed by atoms with Crippen LogP contribution in [0.15, 0.2) is 71.7 Å². The number of carbonyl (C=O) groups is 5. The predicted octanol–water partition coefficient (Wildman–Crippen LogP) is -0.314. The quantitative estimate of drug-likeness (QED) is 0.0390. The third kappa shape index (κ3) is 12.1. The van der Waals surface area contributed by atoms with Gasteiger partial charge in [-0.15, -0.1) is 0 Å². The monoisotopic (exact) mass is 771 g/mol. The highest BCUT2D eigenvalue weighted by Crippen LogP contribution is 2.17. The SMILES string of the molecule is CC(=O)N[C@H](Cc1ccc(I)cc1)C(=O)N[C@@H](CCCN=C(N)N)C(=O)N[C@@H](Cc1ccc2ccccc2c1)C(=O)N[C@@H](CN)C(N)=O. The second-order valence-electron chi connectivity index (χ2n) is 11.2. The first-order valence-corrected chi connectivity index (χ1v) is 16.4. The molecule has 0 aliphatic carbocycles. The predicted molar refractivity (Wildman–Crippen MR) is 192 cm³/mol. The number of hydrogen-bond acceptors (Lipinski definition) is 7. The molecule has 0 fully saturated rings. The van der Waals surface area contributed by atoms with E-state index in [1.807, 2.05) is 66.7 Å². The van der Waals surface area contributed by atoms with Crippen molar-refractivity contribution >= 4 is 68.9 Å². The van der Waals surface area contributed by atoms with Gasteiger partial charge in [0.15, 0.2) is 5.96 Å². The highest BCUT2D eigenvalue weighted by Gasteiger charge is 2.31. The Morgan fingerprint density at radius 3 is 1.85 bits per heavy atom. The zero-order chi connectivity index (χ0) is 35.2. The number of amides is 5. The summed E-state index contributed by atoms with van der Waals surface area (Å²) in [6.07, 6.45) is 0.623. The number of fused-ring (bicyclic) bond motifs is 1. The molecule has 0 aliphatic heterocycles. The summed E-state index contributed by atoms with van der Waals surface area (Å²) in [6.45, 7) is 1.23. The van der Waals surface area contributed by atoms with E-state index in [2.05, 4.69) is 48.9 Å². The van der Waals surface area contributed by atoms with Crippen LogP contribution in [0.3, 0.4) is 0 Å². The molecular formula is C33H42IN9O5. The van der Waals surface area contributed by atoms with Crippen LogP contribution in [-0.4, -0.2) is 72.8 Å². The lowest BCUT2D eigenvalue weighted by atomic mass is 10.00. The highest BCUT2D eigenvalue weighted by atomic mass is 127. The van der Waals surface area contributed by atoms with Gasteiger partial charge in [-0.2, -0.15) is 0 Å². The fourth-order valence-electron chi connectivity index (χ4n) is 4.96. The normalized spacial score (nSPS) is 13.3. The smallest absolute Gasteiger partial charge is 0.243 e. The second kappa shape index (κ2) is 18.5. The molecule has 0 saturated carbocycles. The summed E-state index contributed by atoms with van der Waals surface area (Å²) in [4.78, 5) is 68.8. The van der Waals surface area contributed by atoms with E-state index in [0.717, 1.165) is 25.5 Å². The van der Waals surface area contributed by atoms with Crippen LogP contribution in [0.4, 0.5) is 0 Å². The van der Waals surface area contributed by atoms with E-state index >= 15 is 0 Å². The van der Waals surface area contributed by atoms with Gasteiger partial charge in [0.1, 0.15) is 24.2 Å². The third-order valence-electron chi connectivity index (χ3n) is 7.41. The largest absolute Gasteiger partial charge is 0.370 e. The van der Waals surface area contributed by atoms with E-state index < -0.39 is 53.7 Å². The van der Waals surface area contributed by atoms with Gasteiger partial charge in [-0.05, 0) is 69.5 Å². The molecule has 0 saturated heterocycles. The van der Waals surface area contributed by atoms with Crippen molar-refractivity contribution in [2.45, 2.75) is 56.8 Å². The molecule has 0 bridgehead atoms.